The number of hydrogen-bond acceptors (Lipinski definition) is 9. The number of cyclic esters (lactones) is 1. The van der Waals surface area contributed by atoms with Crippen LogP contribution in [0.1, 0.15) is 56.1 Å². The molecule has 0 radical (unpaired) electrons. The van der Waals surface area contributed by atoms with Crippen molar-refractivity contribution in [2.45, 2.75) is 75.9 Å². The van der Waals surface area contributed by atoms with E-state index in [4.69, 9.17) is 16.3 Å². The molecule has 1 fully saturated rings. The van der Waals surface area contributed by atoms with E-state index in [-0.39, 0.29) is 35.6 Å². The second-order valence-corrected chi connectivity index (χ2v) is 10.7. The molecule has 0 spiro atoms. The zero-order valence-corrected chi connectivity index (χ0v) is 21.6. The molecule has 208 valence electrons. The lowest BCUT2D eigenvalue weighted by atomic mass is 9.76. The van der Waals surface area contributed by atoms with Crippen molar-refractivity contribution in [3.8, 4) is 5.75 Å². The molecule has 2 N–H and O–H groups in total. The molecule has 0 saturated heterocycles. The number of carbonyl (C=O) groups excluding carboxylic acids is 1. The number of phenolic OH excluding ortho intramolecular Hbond substituents is 1. The molecule has 3 heterocycles. The largest absolute Gasteiger partial charge is 0.508 e. The fourth-order valence-electron chi connectivity index (χ4n) is 5.78. The van der Waals surface area contributed by atoms with Crippen LogP contribution in [0.5, 0.6) is 5.75 Å². The van der Waals surface area contributed by atoms with E-state index < -0.39 is 36.2 Å². The summed E-state index contributed by atoms with van der Waals surface area (Å²) in [6.07, 6.45) is 1.02. The lowest BCUT2D eigenvalue weighted by Gasteiger charge is -2.42. The fraction of sp³-hybridized carbons (Fsp3) is 0.500. The van der Waals surface area contributed by atoms with Crippen molar-refractivity contribution in [1.82, 2.24) is 10.4 Å². The average molecular weight is 566 g/mol. The number of hydrazine groups is 1. The summed E-state index contributed by atoms with van der Waals surface area (Å²) in [6.45, 7) is 0. The van der Waals surface area contributed by atoms with E-state index in [1.165, 1.54) is 18.3 Å². The molecule has 9 nitrogen and oxygen atoms in total. The molecule has 0 bridgehead atoms. The Morgan fingerprint density at radius 1 is 1.28 bits per heavy atom. The number of benzene rings is 1. The maximum atomic E-state index is 13.4. The van der Waals surface area contributed by atoms with Gasteiger partial charge in [-0.1, -0.05) is 36.6 Å². The predicted octanol–water partition coefficient (Wildman–Crippen LogP) is 5.38. The molecule has 1 aliphatic carbocycles. The summed E-state index contributed by atoms with van der Waals surface area (Å²) in [5.41, 5.74) is 2.56. The molecule has 0 amide bonds. The minimum absolute atomic E-state index is 0.00655. The highest BCUT2D eigenvalue weighted by Gasteiger charge is 2.48. The van der Waals surface area contributed by atoms with Crippen molar-refractivity contribution in [3.05, 3.63) is 56.7 Å². The molecule has 4 aliphatic rings. The van der Waals surface area contributed by atoms with Crippen LogP contribution in [-0.4, -0.2) is 46.2 Å². The Morgan fingerprint density at radius 3 is 2.77 bits per heavy atom. The molecule has 39 heavy (non-hydrogen) atoms. The van der Waals surface area contributed by atoms with E-state index in [1.807, 2.05) is 0 Å². The Kier molecular flexibility index (Phi) is 7.41. The molecule has 3 aliphatic heterocycles. The summed E-state index contributed by atoms with van der Waals surface area (Å²) < 4.78 is 45.0. The zero-order chi connectivity index (χ0) is 27.8. The van der Waals surface area contributed by atoms with Crippen molar-refractivity contribution in [2.24, 2.45) is 21.1 Å². The number of aromatic hydroxyl groups is 1. The number of hydrogen-bond donors (Lipinski definition) is 2. The first-order chi connectivity index (χ1) is 18.5. The van der Waals surface area contributed by atoms with Gasteiger partial charge in [-0.3, -0.25) is 5.43 Å². The van der Waals surface area contributed by atoms with Crippen molar-refractivity contribution in [2.75, 3.05) is 0 Å². The molecule has 1 saturated carbocycles. The summed E-state index contributed by atoms with van der Waals surface area (Å²) in [5.74, 6) is -0.682. The Balaban J connectivity index is 1.37. The van der Waals surface area contributed by atoms with Crippen LogP contribution >= 0.6 is 11.6 Å². The van der Waals surface area contributed by atoms with Gasteiger partial charge >= 0.3 is 12.1 Å². The minimum atomic E-state index is -4.46. The standard InChI is InChI=1S/C26H27ClF3N5O4/c27-18-13-31-24-32-22(33-35(24)14-18)10-19-20(34-38)12-25(39-23(19)37,17-3-1-2-4-17)8-7-15-5-6-21(36)16(9-15)11-26(28,29)30/h5-6,9,13-14,17,24,36H,1-4,7-8,10-12H2,(H,32,33). The summed E-state index contributed by atoms with van der Waals surface area (Å²) in [7, 11) is 0. The van der Waals surface area contributed by atoms with Crippen molar-refractivity contribution >= 4 is 29.6 Å². The molecule has 0 aromatic heterocycles. The second kappa shape index (κ2) is 10.6. The third-order valence-corrected chi connectivity index (χ3v) is 7.85. The van der Waals surface area contributed by atoms with E-state index in [0.29, 0.717) is 29.3 Å². The van der Waals surface area contributed by atoms with Crippen LogP contribution in [0.4, 0.5) is 13.2 Å². The molecule has 1 aromatic carbocycles. The molecule has 2 unspecified atom stereocenters. The Bertz CT molecular complexity index is 1290. The Labute approximate surface area is 227 Å². The van der Waals surface area contributed by atoms with E-state index in [9.17, 15) is 28.0 Å². The van der Waals surface area contributed by atoms with Crippen molar-refractivity contribution < 1.29 is 27.8 Å². The molecular weight excluding hydrogens is 539 g/mol. The van der Waals surface area contributed by atoms with E-state index in [2.05, 4.69) is 20.6 Å². The first-order valence-corrected chi connectivity index (χ1v) is 13.1. The number of nitrogens with zero attached hydrogens (tertiary/aromatic N) is 4. The van der Waals surface area contributed by atoms with Gasteiger partial charge in [-0.15, -0.1) is 4.91 Å². The predicted molar refractivity (Wildman–Crippen MR) is 138 cm³/mol. The lowest BCUT2D eigenvalue weighted by molar-refractivity contribution is -0.165. The number of rotatable bonds is 8. The number of aryl methyl sites for hydroxylation is 1. The van der Waals surface area contributed by atoms with Gasteiger partial charge in [0, 0.05) is 30.8 Å². The molecule has 2 atom stereocenters. The number of aliphatic imine (C=N–C) groups is 2. The highest BCUT2D eigenvalue weighted by Crippen LogP contribution is 2.47. The number of carbonyl (C=O) groups is 1. The first-order valence-electron chi connectivity index (χ1n) is 12.7. The van der Waals surface area contributed by atoms with E-state index in [0.717, 1.165) is 25.7 Å². The highest BCUT2D eigenvalue weighted by molar-refractivity contribution is 6.39. The Morgan fingerprint density at radius 2 is 2.05 bits per heavy atom. The highest BCUT2D eigenvalue weighted by atomic mass is 35.5. The number of allylic oxidation sites excluding steroid dienone is 1. The van der Waals surface area contributed by atoms with E-state index >= 15 is 0 Å². The zero-order valence-electron chi connectivity index (χ0n) is 20.9. The van der Waals surface area contributed by atoms with Crippen molar-refractivity contribution in [1.29, 1.82) is 0 Å². The molecule has 5 rings (SSSR count). The normalized spacial score (nSPS) is 25.3. The maximum Gasteiger partial charge on any atom is 0.393 e. The van der Waals surface area contributed by atoms with Gasteiger partial charge in [0.15, 0.2) is 0 Å². The summed E-state index contributed by atoms with van der Waals surface area (Å²) >= 11 is 5.98. The van der Waals surface area contributed by atoms with Crippen LogP contribution in [0.15, 0.2) is 55.9 Å². The maximum absolute atomic E-state index is 13.4. The molecule has 1 aromatic rings. The first kappa shape index (κ1) is 27.2. The molecular formula is C26H27ClF3N5O4. The SMILES string of the molecule is O=NC1=C(CC2=NC3N=CC(Cl)=CN3N2)C(=O)OC(CCc2ccc(O)c(CC(F)(F)F)c2)(C2CCCC2)C1. The number of halogens is 4. The lowest BCUT2D eigenvalue weighted by Crippen LogP contribution is -2.46. The van der Waals surface area contributed by atoms with Gasteiger partial charge in [0.2, 0.25) is 6.29 Å². The number of amidine groups is 1. The number of phenols is 1. The fourth-order valence-corrected chi connectivity index (χ4v) is 5.94. The summed E-state index contributed by atoms with van der Waals surface area (Å²) in [6, 6.07) is 4.14. The molecule has 13 heteroatoms. The smallest absolute Gasteiger partial charge is 0.393 e. The number of esters is 1. The minimum Gasteiger partial charge on any atom is -0.508 e. The van der Waals surface area contributed by atoms with Crippen LogP contribution in [-0.2, 0) is 22.4 Å². The third kappa shape index (κ3) is 5.95. The van der Waals surface area contributed by atoms with Gasteiger partial charge in [-0.25, -0.2) is 19.8 Å². The van der Waals surface area contributed by atoms with Gasteiger partial charge in [-0.2, -0.15) is 13.2 Å². The monoisotopic (exact) mass is 565 g/mol. The van der Waals surface area contributed by atoms with Crippen LogP contribution in [0.2, 0.25) is 0 Å². The average Bonchev–Trinajstić information content (AvgIpc) is 3.55. The number of ether oxygens (including phenoxy) is 1. The third-order valence-electron chi connectivity index (χ3n) is 7.65. The quantitative estimate of drug-likeness (QED) is 0.323. The van der Waals surface area contributed by atoms with Crippen molar-refractivity contribution in [3.63, 3.8) is 0 Å². The van der Waals surface area contributed by atoms with Crippen LogP contribution < -0.4 is 5.43 Å². The van der Waals surface area contributed by atoms with E-state index in [1.54, 1.807) is 17.3 Å². The van der Waals surface area contributed by atoms with Gasteiger partial charge < -0.3 is 9.84 Å². The number of nitroso groups, excluding NO2 is 1. The topological polar surface area (TPSA) is 116 Å². The van der Waals surface area contributed by atoms with Gasteiger partial charge in [0.25, 0.3) is 0 Å². The summed E-state index contributed by atoms with van der Waals surface area (Å²) in [4.78, 5) is 34.0. The van der Waals surface area contributed by atoms with Crippen LogP contribution in [0, 0.1) is 10.8 Å². The summed E-state index contributed by atoms with van der Waals surface area (Å²) in [5, 5.41) is 15.1. The number of fused-ring (bicyclic) bond motifs is 1. The van der Waals surface area contributed by atoms with Gasteiger partial charge in [-0.05, 0) is 48.4 Å². The number of alkyl halides is 3. The van der Waals surface area contributed by atoms with Crippen LogP contribution in [0.3, 0.4) is 0 Å². The van der Waals surface area contributed by atoms with Gasteiger partial charge in [0.05, 0.1) is 22.7 Å². The van der Waals surface area contributed by atoms with Crippen LogP contribution in [0.25, 0.3) is 0 Å². The number of nitrogens with one attached hydrogen (secondary N) is 1. The second-order valence-electron chi connectivity index (χ2n) is 10.3. The van der Waals surface area contributed by atoms with Gasteiger partial charge in [0.1, 0.15) is 17.2 Å². The Hall–Kier alpha value is -3.41.